The Labute approximate surface area is 143 Å². The predicted molar refractivity (Wildman–Crippen MR) is 92.4 cm³/mol. The lowest BCUT2D eigenvalue weighted by Crippen LogP contribution is -2.16. The summed E-state index contributed by atoms with van der Waals surface area (Å²) in [6.07, 6.45) is 7.39. The summed E-state index contributed by atoms with van der Waals surface area (Å²) < 4.78 is 10.1. The number of hydrogen-bond acceptors (Lipinski definition) is 4. The molecule has 0 heterocycles. The number of hydrogen-bond donors (Lipinski definition) is 0. The SMILES string of the molecule is CCCCc1ccc(C2C=C(OC(C)=O)CC=C2C(=O)OC)cc1. The van der Waals surface area contributed by atoms with E-state index < -0.39 is 0 Å². The molecule has 1 atom stereocenters. The Kier molecular flexibility index (Phi) is 6.36. The molecule has 0 radical (unpaired) electrons. The summed E-state index contributed by atoms with van der Waals surface area (Å²) in [5.41, 5.74) is 2.84. The van der Waals surface area contributed by atoms with Crippen molar-refractivity contribution in [2.75, 3.05) is 7.11 Å². The van der Waals surface area contributed by atoms with Crippen LogP contribution < -0.4 is 0 Å². The van der Waals surface area contributed by atoms with Crippen LogP contribution in [0.5, 0.6) is 0 Å². The summed E-state index contributed by atoms with van der Waals surface area (Å²) in [5.74, 6) is -0.408. The van der Waals surface area contributed by atoms with Crippen molar-refractivity contribution in [2.45, 2.75) is 45.4 Å². The highest BCUT2D eigenvalue weighted by atomic mass is 16.5. The van der Waals surface area contributed by atoms with Crippen LogP contribution in [0.4, 0.5) is 0 Å². The van der Waals surface area contributed by atoms with Crippen molar-refractivity contribution in [3.05, 3.63) is 58.9 Å². The third-order valence-electron chi connectivity index (χ3n) is 4.06. The summed E-state index contributed by atoms with van der Waals surface area (Å²) >= 11 is 0. The molecule has 0 amide bonds. The van der Waals surface area contributed by atoms with Crippen LogP contribution in [0, 0.1) is 0 Å². The second-order valence-corrected chi connectivity index (χ2v) is 5.90. The lowest BCUT2D eigenvalue weighted by molar-refractivity contribution is -0.137. The molecule has 0 aliphatic heterocycles. The first-order valence-electron chi connectivity index (χ1n) is 8.31. The second-order valence-electron chi connectivity index (χ2n) is 5.90. The minimum Gasteiger partial charge on any atom is -0.466 e. The van der Waals surface area contributed by atoms with Gasteiger partial charge in [-0.2, -0.15) is 0 Å². The van der Waals surface area contributed by atoms with Gasteiger partial charge in [-0.3, -0.25) is 4.79 Å². The van der Waals surface area contributed by atoms with Crippen molar-refractivity contribution in [1.82, 2.24) is 0 Å². The zero-order valence-corrected chi connectivity index (χ0v) is 14.5. The number of carbonyl (C=O) groups is 2. The van der Waals surface area contributed by atoms with Crippen molar-refractivity contribution < 1.29 is 19.1 Å². The lowest BCUT2D eigenvalue weighted by atomic mass is 9.86. The van der Waals surface area contributed by atoms with Crippen molar-refractivity contribution in [2.24, 2.45) is 0 Å². The molecule has 24 heavy (non-hydrogen) atoms. The van der Waals surface area contributed by atoms with E-state index in [-0.39, 0.29) is 17.9 Å². The first kappa shape index (κ1) is 18.0. The van der Waals surface area contributed by atoms with Gasteiger partial charge in [0.2, 0.25) is 0 Å². The van der Waals surface area contributed by atoms with Gasteiger partial charge in [-0.05, 0) is 30.0 Å². The van der Waals surface area contributed by atoms with Crippen molar-refractivity contribution in [3.63, 3.8) is 0 Å². The van der Waals surface area contributed by atoms with Gasteiger partial charge >= 0.3 is 11.9 Å². The highest BCUT2D eigenvalue weighted by Gasteiger charge is 2.26. The molecule has 0 fully saturated rings. The summed E-state index contributed by atoms with van der Waals surface area (Å²) in [7, 11) is 1.37. The number of unbranched alkanes of at least 4 members (excludes halogenated alkanes) is 1. The van der Waals surface area contributed by atoms with Crippen LogP contribution in [0.25, 0.3) is 0 Å². The van der Waals surface area contributed by atoms with E-state index in [1.54, 1.807) is 6.08 Å². The molecule has 1 aliphatic rings. The van der Waals surface area contributed by atoms with Crippen molar-refractivity contribution in [3.8, 4) is 0 Å². The Morgan fingerprint density at radius 3 is 2.50 bits per heavy atom. The van der Waals surface area contributed by atoms with Gasteiger partial charge in [-0.1, -0.05) is 43.7 Å². The fourth-order valence-electron chi connectivity index (χ4n) is 2.82. The fraction of sp³-hybridized carbons (Fsp3) is 0.400. The number of esters is 2. The molecule has 0 saturated carbocycles. The maximum Gasteiger partial charge on any atom is 0.334 e. The molecule has 128 valence electrons. The van der Waals surface area contributed by atoms with E-state index in [0.717, 1.165) is 24.8 Å². The maximum absolute atomic E-state index is 12.1. The van der Waals surface area contributed by atoms with Gasteiger partial charge in [0.1, 0.15) is 5.76 Å². The van der Waals surface area contributed by atoms with Gasteiger partial charge in [0, 0.05) is 24.8 Å². The first-order valence-corrected chi connectivity index (χ1v) is 8.31. The van der Waals surface area contributed by atoms with Crippen molar-refractivity contribution in [1.29, 1.82) is 0 Å². The van der Waals surface area contributed by atoms with E-state index in [4.69, 9.17) is 9.47 Å². The topological polar surface area (TPSA) is 52.6 Å². The Morgan fingerprint density at radius 2 is 1.92 bits per heavy atom. The number of carbonyl (C=O) groups excluding carboxylic acids is 2. The Balaban J connectivity index is 2.27. The van der Waals surface area contributed by atoms with Crippen LogP contribution in [-0.2, 0) is 25.5 Å². The molecule has 4 nitrogen and oxygen atoms in total. The minimum absolute atomic E-state index is 0.263. The summed E-state index contributed by atoms with van der Waals surface area (Å²) in [4.78, 5) is 23.3. The van der Waals surface area contributed by atoms with Crippen LogP contribution in [0.3, 0.4) is 0 Å². The van der Waals surface area contributed by atoms with Gasteiger partial charge < -0.3 is 9.47 Å². The quantitative estimate of drug-likeness (QED) is 0.739. The molecule has 1 aromatic carbocycles. The number of methoxy groups -OCH3 is 1. The van der Waals surface area contributed by atoms with E-state index in [1.807, 2.05) is 18.2 Å². The van der Waals surface area contributed by atoms with Crippen LogP contribution in [0.1, 0.15) is 50.2 Å². The highest BCUT2D eigenvalue weighted by Crippen LogP contribution is 2.33. The molecule has 1 unspecified atom stereocenters. The van der Waals surface area contributed by atoms with E-state index >= 15 is 0 Å². The number of ether oxygens (including phenoxy) is 2. The van der Waals surface area contributed by atoms with E-state index in [1.165, 1.54) is 19.6 Å². The molecule has 0 saturated heterocycles. The highest BCUT2D eigenvalue weighted by molar-refractivity contribution is 5.91. The third-order valence-corrected chi connectivity index (χ3v) is 4.06. The number of allylic oxidation sites excluding steroid dienone is 2. The van der Waals surface area contributed by atoms with E-state index in [2.05, 4.69) is 19.1 Å². The number of aryl methyl sites for hydroxylation is 1. The van der Waals surface area contributed by atoms with E-state index in [9.17, 15) is 9.59 Å². The minimum atomic E-state index is -0.357. The van der Waals surface area contributed by atoms with Gasteiger partial charge in [-0.15, -0.1) is 0 Å². The number of rotatable bonds is 6. The van der Waals surface area contributed by atoms with Gasteiger partial charge in [0.25, 0.3) is 0 Å². The average molecular weight is 328 g/mol. The fourth-order valence-corrected chi connectivity index (χ4v) is 2.82. The monoisotopic (exact) mass is 328 g/mol. The molecule has 0 N–H and O–H groups in total. The normalized spacial score (nSPS) is 16.9. The van der Waals surface area contributed by atoms with Crippen LogP contribution in [0.2, 0.25) is 0 Å². The van der Waals surface area contributed by atoms with Crippen LogP contribution in [0.15, 0.2) is 47.7 Å². The Morgan fingerprint density at radius 1 is 1.21 bits per heavy atom. The molecule has 0 spiro atoms. The zero-order chi connectivity index (χ0) is 17.5. The number of benzene rings is 1. The summed E-state index contributed by atoms with van der Waals surface area (Å²) in [6, 6.07) is 8.24. The summed E-state index contributed by atoms with van der Waals surface area (Å²) in [6.45, 7) is 3.54. The molecule has 4 heteroatoms. The van der Waals surface area contributed by atoms with E-state index in [0.29, 0.717) is 17.8 Å². The average Bonchev–Trinajstić information content (AvgIpc) is 2.59. The Bertz CT molecular complexity index is 653. The molecule has 1 aromatic rings. The lowest BCUT2D eigenvalue weighted by Gasteiger charge is -2.22. The molecular formula is C20H24O4. The molecule has 2 rings (SSSR count). The maximum atomic E-state index is 12.1. The molecular weight excluding hydrogens is 304 g/mol. The second kappa shape index (κ2) is 8.48. The molecule has 0 aromatic heterocycles. The summed E-state index contributed by atoms with van der Waals surface area (Å²) in [5, 5.41) is 0. The standard InChI is InChI=1S/C20H24O4/c1-4-5-6-15-7-9-16(10-8-15)19-13-17(24-14(2)21)11-12-18(19)20(22)23-3/h7-10,12-13,19H,4-6,11H2,1-3H3. The largest absolute Gasteiger partial charge is 0.466 e. The van der Waals surface area contributed by atoms with Gasteiger partial charge in [0.05, 0.1) is 7.11 Å². The third kappa shape index (κ3) is 4.57. The van der Waals surface area contributed by atoms with Gasteiger partial charge in [-0.25, -0.2) is 4.79 Å². The smallest absolute Gasteiger partial charge is 0.334 e. The first-order chi connectivity index (χ1) is 11.5. The van der Waals surface area contributed by atoms with Crippen molar-refractivity contribution >= 4 is 11.9 Å². The molecule has 1 aliphatic carbocycles. The van der Waals surface area contributed by atoms with Crippen LogP contribution >= 0.6 is 0 Å². The van der Waals surface area contributed by atoms with Crippen LogP contribution in [-0.4, -0.2) is 19.0 Å². The Hall–Kier alpha value is -2.36. The predicted octanol–water partition coefficient (Wildman–Crippen LogP) is 4.06. The molecule has 0 bridgehead atoms. The zero-order valence-electron chi connectivity index (χ0n) is 14.5. The van der Waals surface area contributed by atoms with Gasteiger partial charge in [0.15, 0.2) is 0 Å².